The molecule has 9 heteroatoms. The first-order valence-corrected chi connectivity index (χ1v) is 6.20. The van der Waals surface area contributed by atoms with Crippen molar-refractivity contribution in [3.63, 3.8) is 0 Å². The molecule has 3 amide bonds. The number of ether oxygens (including phenoxy) is 1. The number of aromatic carboxylic acids is 1. The molecule has 0 atom stereocenters. The number of carboxylic acids is 1. The summed E-state index contributed by atoms with van der Waals surface area (Å²) in [7, 11) is 0. The summed E-state index contributed by atoms with van der Waals surface area (Å²) in [5, 5.41) is 13.8. The van der Waals surface area contributed by atoms with Crippen LogP contribution in [0.4, 0.5) is 15.3 Å². The van der Waals surface area contributed by atoms with Crippen molar-refractivity contribution in [3.8, 4) is 0 Å². The predicted molar refractivity (Wildman–Crippen MR) is 73.7 cm³/mol. The van der Waals surface area contributed by atoms with Crippen LogP contribution in [0.15, 0.2) is 22.7 Å². The lowest BCUT2D eigenvalue weighted by Gasteiger charge is -2.11. The van der Waals surface area contributed by atoms with E-state index in [-0.39, 0.29) is 24.4 Å². The SMILES string of the molecule is NC(=O)OCCNC(=O)Nc1c(Br)cccc1C(=O)O. The third-order valence-electron chi connectivity index (χ3n) is 2.11. The maximum atomic E-state index is 11.6. The van der Waals surface area contributed by atoms with E-state index in [1.807, 2.05) is 0 Å². The molecule has 8 nitrogen and oxygen atoms in total. The number of hydrogen-bond donors (Lipinski definition) is 4. The van der Waals surface area contributed by atoms with Gasteiger partial charge in [0.15, 0.2) is 0 Å². The van der Waals surface area contributed by atoms with Gasteiger partial charge in [0.1, 0.15) is 6.61 Å². The Balaban J connectivity index is 2.62. The van der Waals surface area contributed by atoms with E-state index in [1.165, 1.54) is 12.1 Å². The minimum absolute atomic E-state index is 0.0433. The quantitative estimate of drug-likeness (QED) is 0.598. The summed E-state index contributed by atoms with van der Waals surface area (Å²) in [4.78, 5) is 32.9. The molecular formula is C11H12BrN3O5. The molecule has 0 fully saturated rings. The van der Waals surface area contributed by atoms with Gasteiger partial charge in [-0.2, -0.15) is 0 Å². The van der Waals surface area contributed by atoms with Gasteiger partial charge < -0.3 is 26.2 Å². The van der Waals surface area contributed by atoms with Gasteiger partial charge in [-0.15, -0.1) is 0 Å². The average molecular weight is 346 g/mol. The molecule has 0 aliphatic rings. The third-order valence-corrected chi connectivity index (χ3v) is 2.78. The first-order chi connectivity index (χ1) is 9.41. The van der Waals surface area contributed by atoms with Crippen molar-refractivity contribution in [2.45, 2.75) is 0 Å². The molecule has 0 unspecified atom stereocenters. The second-order valence-corrected chi connectivity index (χ2v) is 4.37. The van der Waals surface area contributed by atoms with Crippen LogP contribution in [0.25, 0.3) is 0 Å². The molecule has 0 saturated heterocycles. The normalized spacial score (nSPS) is 9.65. The van der Waals surface area contributed by atoms with Crippen LogP contribution in [0.1, 0.15) is 10.4 Å². The Hall–Kier alpha value is -2.29. The minimum Gasteiger partial charge on any atom is -0.478 e. The number of primary amides is 1. The van der Waals surface area contributed by atoms with Gasteiger partial charge in [-0.3, -0.25) is 0 Å². The predicted octanol–water partition coefficient (Wildman–Crippen LogP) is 1.36. The van der Waals surface area contributed by atoms with Crippen LogP contribution >= 0.6 is 15.9 Å². The fraction of sp³-hybridized carbons (Fsp3) is 0.182. The standard InChI is InChI=1S/C11H12BrN3O5/c12-7-3-1-2-6(9(16)17)8(7)15-11(19)14-4-5-20-10(13)18/h1-3H,4-5H2,(H2,13,18)(H,16,17)(H2,14,15,19). The van der Waals surface area contributed by atoms with Crippen LogP contribution < -0.4 is 16.4 Å². The molecule has 1 aromatic rings. The van der Waals surface area contributed by atoms with Crippen molar-refractivity contribution in [1.29, 1.82) is 0 Å². The molecule has 0 aliphatic heterocycles. The van der Waals surface area contributed by atoms with E-state index in [2.05, 4.69) is 31.3 Å². The van der Waals surface area contributed by atoms with Gasteiger partial charge >= 0.3 is 18.1 Å². The van der Waals surface area contributed by atoms with E-state index in [1.54, 1.807) is 6.07 Å². The smallest absolute Gasteiger partial charge is 0.404 e. The Bertz CT molecular complexity index is 535. The number of urea groups is 1. The molecular weight excluding hydrogens is 334 g/mol. The van der Waals surface area contributed by atoms with Crippen molar-refractivity contribution in [3.05, 3.63) is 28.2 Å². The van der Waals surface area contributed by atoms with Gasteiger partial charge in [0, 0.05) is 4.47 Å². The average Bonchev–Trinajstić information content (AvgIpc) is 2.36. The van der Waals surface area contributed by atoms with Crippen LogP contribution in [-0.2, 0) is 4.74 Å². The van der Waals surface area contributed by atoms with E-state index in [0.717, 1.165) is 0 Å². The number of carbonyl (C=O) groups excluding carboxylic acids is 2. The van der Waals surface area contributed by atoms with Gasteiger partial charge in [0.2, 0.25) is 0 Å². The first kappa shape index (κ1) is 15.8. The highest BCUT2D eigenvalue weighted by atomic mass is 79.9. The molecule has 5 N–H and O–H groups in total. The minimum atomic E-state index is -1.17. The summed E-state index contributed by atoms with van der Waals surface area (Å²) in [6.07, 6.45) is -0.939. The van der Waals surface area contributed by atoms with Gasteiger partial charge in [-0.25, -0.2) is 14.4 Å². The monoisotopic (exact) mass is 345 g/mol. The van der Waals surface area contributed by atoms with E-state index in [4.69, 9.17) is 10.8 Å². The molecule has 0 aromatic heterocycles. The molecule has 20 heavy (non-hydrogen) atoms. The van der Waals surface area contributed by atoms with Crippen LogP contribution in [0.5, 0.6) is 0 Å². The number of carboxylic acid groups (broad SMARTS) is 1. The fourth-order valence-corrected chi connectivity index (χ4v) is 1.77. The third kappa shape index (κ3) is 4.76. The molecule has 0 radical (unpaired) electrons. The topological polar surface area (TPSA) is 131 Å². The molecule has 0 aliphatic carbocycles. The molecule has 108 valence electrons. The number of rotatable bonds is 5. The highest BCUT2D eigenvalue weighted by molar-refractivity contribution is 9.10. The van der Waals surface area contributed by atoms with Crippen LogP contribution in [0.2, 0.25) is 0 Å². The molecule has 0 heterocycles. The largest absolute Gasteiger partial charge is 0.478 e. The zero-order valence-electron chi connectivity index (χ0n) is 10.2. The maximum Gasteiger partial charge on any atom is 0.404 e. The Kier molecular flexibility index (Phi) is 5.78. The molecule has 0 bridgehead atoms. The van der Waals surface area contributed by atoms with Crippen LogP contribution in [0, 0.1) is 0 Å². The van der Waals surface area contributed by atoms with Gasteiger partial charge in [-0.05, 0) is 28.1 Å². The van der Waals surface area contributed by atoms with Crippen LogP contribution in [0.3, 0.4) is 0 Å². The zero-order chi connectivity index (χ0) is 15.1. The van der Waals surface area contributed by atoms with Gasteiger partial charge in [0.25, 0.3) is 0 Å². The fourth-order valence-electron chi connectivity index (χ4n) is 1.30. The van der Waals surface area contributed by atoms with Crippen molar-refractivity contribution < 1.29 is 24.2 Å². The van der Waals surface area contributed by atoms with Crippen molar-refractivity contribution in [1.82, 2.24) is 5.32 Å². The Morgan fingerprint density at radius 2 is 2.05 bits per heavy atom. The summed E-state index contributed by atoms with van der Waals surface area (Å²) in [5.74, 6) is -1.17. The Morgan fingerprint density at radius 3 is 2.65 bits per heavy atom. The van der Waals surface area contributed by atoms with Gasteiger partial charge in [0.05, 0.1) is 17.8 Å². The lowest BCUT2D eigenvalue weighted by atomic mass is 10.2. The number of anilines is 1. The van der Waals surface area contributed by atoms with Crippen molar-refractivity contribution in [2.75, 3.05) is 18.5 Å². The number of para-hydroxylation sites is 1. The zero-order valence-corrected chi connectivity index (χ0v) is 11.8. The summed E-state index contributed by atoms with van der Waals surface area (Å²) >= 11 is 3.15. The number of nitrogens with two attached hydrogens (primary N) is 1. The second-order valence-electron chi connectivity index (χ2n) is 3.52. The molecule has 0 saturated carbocycles. The number of carbonyl (C=O) groups is 3. The van der Waals surface area contributed by atoms with E-state index >= 15 is 0 Å². The number of amides is 3. The van der Waals surface area contributed by atoms with Crippen molar-refractivity contribution >= 4 is 39.7 Å². The number of hydrogen-bond acceptors (Lipinski definition) is 4. The van der Waals surface area contributed by atoms with E-state index in [0.29, 0.717) is 4.47 Å². The first-order valence-electron chi connectivity index (χ1n) is 5.40. The highest BCUT2D eigenvalue weighted by Gasteiger charge is 2.14. The summed E-state index contributed by atoms with van der Waals surface area (Å²) < 4.78 is 4.85. The number of nitrogens with one attached hydrogen (secondary N) is 2. The van der Waals surface area contributed by atoms with Crippen molar-refractivity contribution in [2.24, 2.45) is 5.73 Å². The summed E-state index contributed by atoms with van der Waals surface area (Å²) in [6, 6.07) is 3.86. The molecule has 1 rings (SSSR count). The second kappa shape index (κ2) is 7.34. The maximum absolute atomic E-state index is 11.6. The Morgan fingerprint density at radius 1 is 1.35 bits per heavy atom. The summed E-state index contributed by atoms with van der Waals surface area (Å²) in [5.41, 5.74) is 4.82. The van der Waals surface area contributed by atoms with E-state index < -0.39 is 18.1 Å². The van der Waals surface area contributed by atoms with Gasteiger partial charge in [-0.1, -0.05) is 6.07 Å². The van der Waals surface area contributed by atoms with Crippen LogP contribution in [-0.4, -0.2) is 36.4 Å². The lowest BCUT2D eigenvalue weighted by molar-refractivity contribution is 0.0698. The number of benzene rings is 1. The lowest BCUT2D eigenvalue weighted by Crippen LogP contribution is -2.33. The number of halogens is 1. The summed E-state index contributed by atoms with van der Waals surface area (Å²) in [6.45, 7) is -0.0356. The highest BCUT2D eigenvalue weighted by Crippen LogP contribution is 2.26. The molecule has 1 aromatic carbocycles. The van der Waals surface area contributed by atoms with E-state index in [9.17, 15) is 14.4 Å². The molecule has 0 spiro atoms. The Labute approximate surface area is 122 Å².